The lowest BCUT2D eigenvalue weighted by Crippen LogP contribution is -2.25. The lowest BCUT2D eigenvalue weighted by molar-refractivity contribution is -0.116. The number of amides is 1. The largest absolute Gasteiger partial charge is 0.497 e. The molecule has 0 saturated heterocycles. The van der Waals surface area contributed by atoms with Gasteiger partial charge in [0.25, 0.3) is 0 Å². The van der Waals surface area contributed by atoms with Crippen LogP contribution in [0.5, 0.6) is 5.75 Å². The summed E-state index contributed by atoms with van der Waals surface area (Å²) in [4.78, 5) is 11.4. The molecule has 3 nitrogen and oxygen atoms in total. The fourth-order valence-electron chi connectivity index (χ4n) is 1.25. The Bertz CT molecular complexity index is 380. The van der Waals surface area contributed by atoms with Gasteiger partial charge in [0.2, 0.25) is 5.91 Å². The van der Waals surface area contributed by atoms with E-state index in [0.717, 1.165) is 11.3 Å². The third-order valence-electron chi connectivity index (χ3n) is 2.23. The van der Waals surface area contributed by atoms with Crippen molar-refractivity contribution in [1.82, 2.24) is 5.32 Å². The Hall–Kier alpha value is -1.77. The van der Waals surface area contributed by atoms with Crippen LogP contribution in [0.3, 0.4) is 0 Å². The molecular weight excluding hydrogens is 214 g/mol. The predicted molar refractivity (Wildman–Crippen MR) is 69.9 cm³/mol. The molecule has 1 rings (SSSR count). The average molecular weight is 233 g/mol. The molecule has 3 heteroatoms. The fourth-order valence-corrected chi connectivity index (χ4v) is 1.25. The van der Waals surface area contributed by atoms with Crippen molar-refractivity contribution in [1.29, 1.82) is 0 Å². The molecule has 0 spiro atoms. The van der Waals surface area contributed by atoms with Crippen LogP contribution in [0.15, 0.2) is 30.3 Å². The van der Waals surface area contributed by atoms with E-state index in [4.69, 9.17) is 4.74 Å². The van der Waals surface area contributed by atoms with Crippen molar-refractivity contribution in [2.24, 2.45) is 5.92 Å². The van der Waals surface area contributed by atoms with Crippen molar-refractivity contribution < 1.29 is 9.53 Å². The van der Waals surface area contributed by atoms with Crippen LogP contribution in [-0.4, -0.2) is 19.6 Å². The average Bonchev–Trinajstić information content (AvgIpc) is 2.34. The van der Waals surface area contributed by atoms with Gasteiger partial charge in [0, 0.05) is 12.6 Å². The zero-order valence-corrected chi connectivity index (χ0v) is 10.6. The van der Waals surface area contributed by atoms with Crippen molar-refractivity contribution in [2.75, 3.05) is 13.7 Å². The van der Waals surface area contributed by atoms with Gasteiger partial charge in [-0.3, -0.25) is 4.79 Å². The van der Waals surface area contributed by atoms with E-state index in [2.05, 4.69) is 19.2 Å². The van der Waals surface area contributed by atoms with Gasteiger partial charge in [-0.05, 0) is 29.7 Å². The van der Waals surface area contributed by atoms with E-state index in [9.17, 15) is 4.79 Å². The predicted octanol–water partition coefficient (Wildman–Crippen LogP) is 2.48. The summed E-state index contributed by atoms with van der Waals surface area (Å²) in [5.74, 6) is 1.22. The molecule has 17 heavy (non-hydrogen) atoms. The van der Waals surface area contributed by atoms with Gasteiger partial charge < -0.3 is 10.1 Å². The SMILES string of the molecule is COc1ccc(C=CC(=O)NCC(C)C)cc1. The smallest absolute Gasteiger partial charge is 0.244 e. The summed E-state index contributed by atoms with van der Waals surface area (Å²) < 4.78 is 5.06. The number of methoxy groups -OCH3 is 1. The number of rotatable bonds is 5. The highest BCUT2D eigenvalue weighted by molar-refractivity contribution is 5.91. The first-order chi connectivity index (χ1) is 8.11. The van der Waals surface area contributed by atoms with Crippen molar-refractivity contribution in [3.63, 3.8) is 0 Å². The highest BCUT2D eigenvalue weighted by Crippen LogP contribution is 2.12. The minimum atomic E-state index is -0.0606. The minimum absolute atomic E-state index is 0.0606. The summed E-state index contributed by atoms with van der Waals surface area (Å²) in [5, 5.41) is 2.82. The van der Waals surface area contributed by atoms with Crippen LogP contribution in [0.25, 0.3) is 6.08 Å². The van der Waals surface area contributed by atoms with Crippen molar-refractivity contribution in [3.05, 3.63) is 35.9 Å². The van der Waals surface area contributed by atoms with E-state index in [1.807, 2.05) is 24.3 Å². The zero-order chi connectivity index (χ0) is 12.7. The number of carbonyl (C=O) groups excluding carboxylic acids is 1. The maximum absolute atomic E-state index is 11.4. The summed E-state index contributed by atoms with van der Waals surface area (Å²) >= 11 is 0. The van der Waals surface area contributed by atoms with Gasteiger partial charge >= 0.3 is 0 Å². The molecule has 1 aromatic carbocycles. The summed E-state index contributed by atoms with van der Waals surface area (Å²) in [5.41, 5.74) is 0.977. The molecule has 0 aromatic heterocycles. The van der Waals surface area contributed by atoms with E-state index in [0.29, 0.717) is 12.5 Å². The van der Waals surface area contributed by atoms with Crippen LogP contribution in [-0.2, 0) is 4.79 Å². The molecular formula is C14H19NO2. The maximum Gasteiger partial charge on any atom is 0.244 e. The Balaban J connectivity index is 2.49. The number of hydrogen-bond acceptors (Lipinski definition) is 2. The molecule has 0 aliphatic carbocycles. The molecule has 0 fully saturated rings. The Labute approximate surface area is 102 Å². The van der Waals surface area contributed by atoms with Gasteiger partial charge in [0.05, 0.1) is 7.11 Å². The number of carbonyl (C=O) groups is 1. The molecule has 0 aliphatic rings. The Morgan fingerprint density at radius 2 is 2.00 bits per heavy atom. The monoisotopic (exact) mass is 233 g/mol. The van der Waals surface area contributed by atoms with Crippen LogP contribution in [0, 0.1) is 5.92 Å². The fraction of sp³-hybridized carbons (Fsp3) is 0.357. The van der Waals surface area contributed by atoms with Crippen molar-refractivity contribution >= 4 is 12.0 Å². The minimum Gasteiger partial charge on any atom is -0.497 e. The van der Waals surface area contributed by atoms with Gasteiger partial charge in [0.1, 0.15) is 5.75 Å². The first-order valence-corrected chi connectivity index (χ1v) is 5.72. The van der Waals surface area contributed by atoms with Crippen molar-refractivity contribution in [2.45, 2.75) is 13.8 Å². The Morgan fingerprint density at radius 1 is 1.35 bits per heavy atom. The lowest BCUT2D eigenvalue weighted by Gasteiger charge is -2.04. The first kappa shape index (κ1) is 13.3. The number of benzene rings is 1. The van der Waals surface area contributed by atoms with Gasteiger partial charge in [-0.1, -0.05) is 26.0 Å². The van der Waals surface area contributed by atoms with Gasteiger partial charge in [-0.15, -0.1) is 0 Å². The normalized spacial score (nSPS) is 10.8. The van der Waals surface area contributed by atoms with Gasteiger partial charge in [0.15, 0.2) is 0 Å². The number of hydrogen-bond donors (Lipinski definition) is 1. The van der Waals surface area contributed by atoms with Crippen LogP contribution in [0.1, 0.15) is 19.4 Å². The molecule has 92 valence electrons. The molecule has 0 saturated carbocycles. The summed E-state index contributed by atoms with van der Waals surface area (Å²) in [6, 6.07) is 7.55. The summed E-state index contributed by atoms with van der Waals surface area (Å²) in [7, 11) is 1.63. The summed E-state index contributed by atoms with van der Waals surface area (Å²) in [6.07, 6.45) is 3.33. The lowest BCUT2D eigenvalue weighted by atomic mass is 10.2. The Kier molecular flexibility index (Phi) is 5.27. The standard InChI is InChI=1S/C14H19NO2/c1-11(2)10-15-14(16)9-6-12-4-7-13(17-3)8-5-12/h4-9,11H,10H2,1-3H3,(H,15,16). The number of ether oxygens (including phenoxy) is 1. The molecule has 0 radical (unpaired) electrons. The van der Waals surface area contributed by atoms with E-state index < -0.39 is 0 Å². The van der Waals surface area contributed by atoms with E-state index in [1.165, 1.54) is 0 Å². The van der Waals surface area contributed by atoms with Crippen molar-refractivity contribution in [3.8, 4) is 5.75 Å². The molecule has 1 amide bonds. The van der Waals surface area contributed by atoms with Gasteiger partial charge in [-0.2, -0.15) is 0 Å². The third-order valence-corrected chi connectivity index (χ3v) is 2.23. The highest BCUT2D eigenvalue weighted by Gasteiger charge is 1.97. The quantitative estimate of drug-likeness (QED) is 0.793. The molecule has 0 heterocycles. The summed E-state index contributed by atoms with van der Waals surface area (Å²) in [6.45, 7) is 4.83. The topological polar surface area (TPSA) is 38.3 Å². The number of nitrogens with one attached hydrogen (secondary N) is 1. The second kappa shape index (κ2) is 6.74. The first-order valence-electron chi connectivity index (χ1n) is 5.72. The third kappa shape index (κ3) is 5.20. The molecule has 0 atom stereocenters. The molecule has 0 bridgehead atoms. The second-order valence-electron chi connectivity index (χ2n) is 4.25. The second-order valence-corrected chi connectivity index (χ2v) is 4.25. The molecule has 0 unspecified atom stereocenters. The van der Waals surface area contributed by atoms with Crippen LogP contribution in [0.4, 0.5) is 0 Å². The van der Waals surface area contributed by atoms with E-state index >= 15 is 0 Å². The van der Waals surface area contributed by atoms with E-state index in [-0.39, 0.29) is 5.91 Å². The van der Waals surface area contributed by atoms with Gasteiger partial charge in [-0.25, -0.2) is 0 Å². The molecule has 1 aromatic rings. The zero-order valence-electron chi connectivity index (χ0n) is 10.6. The Morgan fingerprint density at radius 3 is 2.53 bits per heavy atom. The van der Waals surface area contributed by atoms with Crippen LogP contribution >= 0.6 is 0 Å². The highest BCUT2D eigenvalue weighted by atomic mass is 16.5. The van der Waals surface area contributed by atoms with E-state index in [1.54, 1.807) is 19.3 Å². The maximum atomic E-state index is 11.4. The van der Waals surface area contributed by atoms with Crippen LogP contribution in [0.2, 0.25) is 0 Å². The van der Waals surface area contributed by atoms with Crippen LogP contribution < -0.4 is 10.1 Å². The molecule has 0 aliphatic heterocycles. The molecule has 1 N–H and O–H groups in total.